The lowest BCUT2D eigenvalue weighted by atomic mass is 9.93. The zero-order chi connectivity index (χ0) is 21.6. The van der Waals surface area contributed by atoms with Crippen molar-refractivity contribution in [2.24, 2.45) is 0 Å². The van der Waals surface area contributed by atoms with Crippen LogP contribution < -0.4 is 10.6 Å². The molecule has 180 valence electrons. The van der Waals surface area contributed by atoms with Gasteiger partial charge in [-0.15, -0.1) is 24.8 Å². The highest BCUT2D eigenvalue weighted by Crippen LogP contribution is 2.18. The quantitative estimate of drug-likeness (QED) is 0.572. The van der Waals surface area contributed by atoms with Gasteiger partial charge in [-0.05, 0) is 48.9 Å². The van der Waals surface area contributed by atoms with Crippen molar-refractivity contribution in [3.05, 3.63) is 65.0 Å². The standard InChI is InChI=1S/C24H30N4O3.2ClH/c29-22(21-12-17-6-2-3-7-18(17)14-26-21)16-27-24(31)19-8-9-20(25-15-19)13-23(30)28-10-4-1-5-11-28;;/h2-3,6-9,15,21-22,26,29H,1,4-5,10-14,16H2,(H,27,31);2*1H/t21-,22+;;/m0../s1. The monoisotopic (exact) mass is 494 g/mol. The summed E-state index contributed by atoms with van der Waals surface area (Å²) < 4.78 is 0. The van der Waals surface area contributed by atoms with Gasteiger partial charge in [0, 0.05) is 44.1 Å². The van der Waals surface area contributed by atoms with E-state index in [1.54, 1.807) is 12.1 Å². The number of benzene rings is 1. The van der Waals surface area contributed by atoms with Gasteiger partial charge in [-0.2, -0.15) is 0 Å². The predicted molar refractivity (Wildman–Crippen MR) is 132 cm³/mol. The van der Waals surface area contributed by atoms with Crippen LogP contribution in [0.5, 0.6) is 0 Å². The van der Waals surface area contributed by atoms with Crippen LogP contribution in [0.1, 0.15) is 46.4 Å². The lowest BCUT2D eigenvalue weighted by Gasteiger charge is -2.30. The lowest BCUT2D eigenvalue weighted by molar-refractivity contribution is -0.131. The highest BCUT2D eigenvalue weighted by Gasteiger charge is 2.24. The molecule has 2 aromatic rings. The van der Waals surface area contributed by atoms with Crippen molar-refractivity contribution < 1.29 is 14.7 Å². The zero-order valence-corrected chi connectivity index (χ0v) is 20.2. The predicted octanol–water partition coefficient (Wildman–Crippen LogP) is 2.29. The number of hydrogen-bond donors (Lipinski definition) is 3. The van der Waals surface area contributed by atoms with Crippen molar-refractivity contribution >= 4 is 36.6 Å². The van der Waals surface area contributed by atoms with Crippen LogP contribution in [0.15, 0.2) is 42.6 Å². The van der Waals surface area contributed by atoms with Crippen LogP contribution in [0.4, 0.5) is 0 Å². The van der Waals surface area contributed by atoms with Gasteiger partial charge in [-0.25, -0.2) is 0 Å². The van der Waals surface area contributed by atoms with Gasteiger partial charge in [0.1, 0.15) is 0 Å². The van der Waals surface area contributed by atoms with E-state index in [-0.39, 0.29) is 55.6 Å². The maximum atomic E-state index is 12.5. The Labute approximate surface area is 207 Å². The molecule has 3 N–H and O–H groups in total. The number of aliphatic hydroxyl groups excluding tert-OH is 1. The largest absolute Gasteiger partial charge is 0.390 e. The number of hydrogen-bond acceptors (Lipinski definition) is 5. The molecule has 1 fully saturated rings. The molecule has 7 nitrogen and oxygen atoms in total. The third kappa shape index (κ3) is 7.14. The second-order valence-electron chi connectivity index (χ2n) is 8.39. The minimum atomic E-state index is -0.688. The van der Waals surface area contributed by atoms with Gasteiger partial charge in [0.2, 0.25) is 5.91 Å². The average Bonchev–Trinajstić information content (AvgIpc) is 2.83. The SMILES string of the molecule is Cl.Cl.O=C(NC[C@@H](O)[C@@H]1Cc2ccccc2CN1)c1ccc(CC(=O)N2CCCCC2)nc1. The number of carbonyl (C=O) groups is 2. The number of pyridine rings is 1. The Morgan fingerprint density at radius 2 is 1.82 bits per heavy atom. The average molecular weight is 495 g/mol. The fourth-order valence-corrected chi connectivity index (χ4v) is 4.27. The van der Waals surface area contributed by atoms with E-state index >= 15 is 0 Å². The normalized spacial score (nSPS) is 18.2. The van der Waals surface area contributed by atoms with Gasteiger partial charge in [0.05, 0.1) is 18.1 Å². The van der Waals surface area contributed by atoms with E-state index in [0.29, 0.717) is 17.8 Å². The third-order valence-corrected chi connectivity index (χ3v) is 6.18. The Balaban J connectivity index is 0.00000193. The summed E-state index contributed by atoms with van der Waals surface area (Å²) in [4.78, 5) is 31.0. The highest BCUT2D eigenvalue weighted by molar-refractivity contribution is 5.94. The minimum Gasteiger partial charge on any atom is -0.390 e. The van der Waals surface area contributed by atoms with Crippen molar-refractivity contribution in [1.29, 1.82) is 0 Å². The molecule has 2 aliphatic heterocycles. The Bertz CT molecular complexity index is 920. The molecule has 9 heteroatoms. The van der Waals surface area contributed by atoms with Crippen molar-refractivity contribution in [3.63, 3.8) is 0 Å². The maximum absolute atomic E-state index is 12.5. The van der Waals surface area contributed by atoms with Gasteiger partial charge in [0.15, 0.2) is 0 Å². The van der Waals surface area contributed by atoms with Crippen LogP contribution in [0.25, 0.3) is 0 Å². The van der Waals surface area contributed by atoms with Crippen LogP contribution in [-0.4, -0.2) is 58.6 Å². The third-order valence-electron chi connectivity index (χ3n) is 6.18. The van der Waals surface area contributed by atoms with Crippen LogP contribution in [0, 0.1) is 0 Å². The molecule has 2 aliphatic rings. The number of nitrogens with zero attached hydrogens (tertiary/aromatic N) is 2. The number of rotatable bonds is 6. The first kappa shape index (κ1) is 27.1. The van der Waals surface area contributed by atoms with Crippen LogP contribution in [0.3, 0.4) is 0 Å². The number of halogens is 2. The summed E-state index contributed by atoms with van der Waals surface area (Å²) in [5, 5.41) is 16.7. The molecule has 0 bridgehead atoms. The molecule has 0 spiro atoms. The number of aliphatic hydroxyl groups is 1. The summed E-state index contributed by atoms with van der Waals surface area (Å²) in [5.74, 6) is -0.189. The van der Waals surface area contributed by atoms with Gasteiger partial charge in [0.25, 0.3) is 5.91 Å². The van der Waals surface area contributed by atoms with Crippen molar-refractivity contribution in [3.8, 4) is 0 Å². The van der Waals surface area contributed by atoms with Crippen molar-refractivity contribution in [2.45, 2.75) is 50.8 Å². The van der Waals surface area contributed by atoms with E-state index in [1.807, 2.05) is 17.0 Å². The summed E-state index contributed by atoms with van der Waals surface area (Å²) in [5.41, 5.74) is 3.57. The fraction of sp³-hybridized carbons (Fsp3) is 0.458. The van der Waals surface area contributed by atoms with Crippen LogP contribution >= 0.6 is 24.8 Å². The molecule has 33 heavy (non-hydrogen) atoms. The summed E-state index contributed by atoms with van der Waals surface area (Å²) >= 11 is 0. The van der Waals surface area contributed by atoms with Crippen LogP contribution in [0.2, 0.25) is 0 Å². The molecule has 0 saturated carbocycles. The first-order chi connectivity index (χ1) is 15.1. The summed E-state index contributed by atoms with van der Waals surface area (Å²) in [7, 11) is 0. The Morgan fingerprint density at radius 3 is 2.52 bits per heavy atom. The molecule has 1 aromatic heterocycles. The lowest BCUT2D eigenvalue weighted by Crippen LogP contribution is -2.49. The van der Waals surface area contributed by atoms with Crippen molar-refractivity contribution in [1.82, 2.24) is 20.5 Å². The fourth-order valence-electron chi connectivity index (χ4n) is 4.27. The highest BCUT2D eigenvalue weighted by atomic mass is 35.5. The van der Waals surface area contributed by atoms with E-state index in [9.17, 15) is 14.7 Å². The van der Waals surface area contributed by atoms with Gasteiger partial charge >= 0.3 is 0 Å². The first-order valence-electron chi connectivity index (χ1n) is 11.1. The molecule has 2 atom stereocenters. The molecule has 1 saturated heterocycles. The van der Waals surface area contributed by atoms with Crippen molar-refractivity contribution in [2.75, 3.05) is 19.6 Å². The van der Waals surface area contributed by atoms with Gasteiger partial charge < -0.3 is 20.6 Å². The van der Waals surface area contributed by atoms with E-state index in [1.165, 1.54) is 23.7 Å². The van der Waals surface area contributed by atoms with E-state index < -0.39 is 6.10 Å². The number of amides is 2. The van der Waals surface area contributed by atoms with Crippen LogP contribution in [-0.2, 0) is 24.2 Å². The minimum absolute atomic E-state index is 0. The Hall–Kier alpha value is -2.19. The molecule has 0 unspecified atom stereocenters. The van der Waals surface area contributed by atoms with E-state index in [0.717, 1.165) is 32.4 Å². The topological polar surface area (TPSA) is 94.6 Å². The number of carbonyl (C=O) groups excluding carboxylic acids is 2. The zero-order valence-electron chi connectivity index (χ0n) is 18.5. The molecular weight excluding hydrogens is 463 g/mol. The molecule has 4 rings (SSSR count). The summed E-state index contributed by atoms with van der Waals surface area (Å²) in [6, 6.07) is 11.5. The number of likely N-dealkylation sites (tertiary alicyclic amines) is 1. The van der Waals surface area contributed by atoms with Gasteiger partial charge in [-0.1, -0.05) is 24.3 Å². The molecule has 0 aliphatic carbocycles. The molecule has 3 heterocycles. The molecule has 2 amide bonds. The Kier molecular flexibility index (Phi) is 10.6. The Morgan fingerprint density at radius 1 is 1.09 bits per heavy atom. The molecular formula is C24H32Cl2N4O3. The van der Waals surface area contributed by atoms with Gasteiger partial charge in [-0.3, -0.25) is 14.6 Å². The first-order valence-corrected chi connectivity index (χ1v) is 11.1. The summed E-state index contributed by atoms with van der Waals surface area (Å²) in [6.45, 7) is 2.52. The molecule has 1 aromatic carbocycles. The van der Waals surface area contributed by atoms with E-state index in [2.05, 4.69) is 27.8 Å². The second-order valence-corrected chi connectivity index (χ2v) is 8.39. The molecule has 0 radical (unpaired) electrons. The van der Waals surface area contributed by atoms with E-state index in [4.69, 9.17) is 0 Å². The number of fused-ring (bicyclic) bond motifs is 1. The smallest absolute Gasteiger partial charge is 0.252 e. The number of piperidine rings is 1. The number of nitrogens with one attached hydrogen (secondary N) is 2. The maximum Gasteiger partial charge on any atom is 0.252 e. The second kappa shape index (κ2) is 12.9. The number of aromatic nitrogens is 1. The summed E-state index contributed by atoms with van der Waals surface area (Å²) in [6.07, 6.45) is 5.11.